The van der Waals surface area contributed by atoms with Crippen molar-refractivity contribution in [3.63, 3.8) is 0 Å². The lowest BCUT2D eigenvalue weighted by molar-refractivity contribution is -0.170. The molecule has 0 spiro atoms. The standard InChI is InChI=1S/C40H49N3O10S/c1-25-20-41-37(51-25)34-17-27-19-35-28(18-33(27)52-34)22-48-14-10-5-3-4-9-13-43(54(35,46)47)21-32(44)31(15-26-11-7-6-8-12-26)42-39(45)53-36-29-16-30-38(49-23-29)50-24-40(30,36)2/h6-8,11-12,17-20,29-32,36,38,44H,3-5,9-10,13-16,21-24H2,1-2H3,(H,42,45)/t29?,30?,31-,32+,36-,38-,40?/m0/s1. The van der Waals surface area contributed by atoms with Gasteiger partial charge in [0.2, 0.25) is 10.0 Å². The van der Waals surface area contributed by atoms with Crippen molar-refractivity contribution < 1.29 is 46.1 Å². The van der Waals surface area contributed by atoms with Gasteiger partial charge in [0.25, 0.3) is 5.89 Å². The lowest BCUT2D eigenvalue weighted by atomic mass is 9.80. The Morgan fingerprint density at radius 2 is 1.91 bits per heavy atom. The second-order valence-corrected chi connectivity index (χ2v) is 17.4. The highest BCUT2D eigenvalue weighted by Gasteiger charge is 2.63. The summed E-state index contributed by atoms with van der Waals surface area (Å²) in [4.78, 5) is 18.1. The number of aliphatic hydroxyl groups is 1. The molecule has 3 unspecified atom stereocenters. The Hall–Kier alpha value is -3.79. The quantitative estimate of drug-likeness (QED) is 0.218. The van der Waals surface area contributed by atoms with Crippen LogP contribution in [0.5, 0.6) is 0 Å². The third-order valence-corrected chi connectivity index (χ3v) is 13.6. The van der Waals surface area contributed by atoms with E-state index in [9.17, 15) is 18.3 Å². The van der Waals surface area contributed by atoms with Crippen LogP contribution in [0.3, 0.4) is 0 Å². The number of aryl methyl sites for hydroxylation is 1. The Balaban J connectivity index is 1.08. The molecule has 2 aromatic carbocycles. The SMILES string of the molecule is Cc1cnc(-c2cc3cc4c(cc3o2)COCCCCCCCN(C[C@@H](O)[C@H](Cc2ccccc2)NC(=O)O[C@H]2C3CO[C@H]5OCC2(C)C5C3)S4(=O)=O)o1. The second-order valence-electron chi connectivity index (χ2n) is 15.5. The van der Waals surface area contributed by atoms with E-state index in [1.807, 2.05) is 30.3 Å². The molecule has 5 heterocycles. The van der Waals surface area contributed by atoms with E-state index < -0.39 is 34.4 Å². The summed E-state index contributed by atoms with van der Waals surface area (Å²) >= 11 is 0. The first kappa shape index (κ1) is 37.1. The Labute approximate surface area is 315 Å². The molecule has 4 aliphatic rings. The Bertz CT molecular complexity index is 2050. The number of carbonyl (C=O) groups excluding carboxylic acids is 1. The van der Waals surface area contributed by atoms with Gasteiger partial charge in [-0.2, -0.15) is 4.31 Å². The van der Waals surface area contributed by atoms with E-state index in [-0.39, 0.29) is 54.6 Å². The Morgan fingerprint density at radius 1 is 1.09 bits per heavy atom. The smallest absolute Gasteiger partial charge is 0.407 e. The van der Waals surface area contributed by atoms with E-state index in [1.54, 1.807) is 31.3 Å². The van der Waals surface area contributed by atoms with Crippen molar-refractivity contribution in [2.45, 2.75) is 94.8 Å². The topological polar surface area (TPSA) is 163 Å². The number of ether oxygens (including phenoxy) is 4. The molecule has 2 aromatic heterocycles. The van der Waals surface area contributed by atoms with E-state index in [0.29, 0.717) is 60.2 Å². The van der Waals surface area contributed by atoms with Crippen LogP contribution in [-0.2, 0) is 42.0 Å². The molecule has 2 bridgehead atoms. The summed E-state index contributed by atoms with van der Waals surface area (Å²) in [5, 5.41) is 15.5. The molecule has 2 N–H and O–H groups in total. The van der Waals surface area contributed by atoms with Gasteiger partial charge in [-0.15, -0.1) is 0 Å². The zero-order valence-electron chi connectivity index (χ0n) is 30.8. The van der Waals surface area contributed by atoms with Gasteiger partial charge in [-0.25, -0.2) is 18.2 Å². The van der Waals surface area contributed by atoms with Crippen LogP contribution in [0, 0.1) is 24.2 Å². The minimum Gasteiger partial charge on any atom is -0.451 e. The summed E-state index contributed by atoms with van der Waals surface area (Å²) < 4.78 is 66.6. The first-order valence-corrected chi connectivity index (χ1v) is 20.5. The number of furan rings is 1. The van der Waals surface area contributed by atoms with Gasteiger partial charge in [0, 0.05) is 47.9 Å². The predicted octanol–water partition coefficient (Wildman–Crippen LogP) is 5.96. The molecule has 13 nitrogen and oxygen atoms in total. The summed E-state index contributed by atoms with van der Waals surface area (Å²) in [6, 6.07) is 13.7. The van der Waals surface area contributed by atoms with Gasteiger partial charge in [0.1, 0.15) is 17.4 Å². The van der Waals surface area contributed by atoms with Crippen molar-refractivity contribution in [1.29, 1.82) is 0 Å². The lowest BCUT2D eigenvalue weighted by Crippen LogP contribution is -2.52. The normalized spacial score (nSPS) is 28.4. The van der Waals surface area contributed by atoms with Crippen LogP contribution in [0.15, 0.2) is 68.5 Å². The van der Waals surface area contributed by atoms with Gasteiger partial charge in [-0.3, -0.25) is 0 Å². The number of aromatic nitrogens is 1. The minimum atomic E-state index is -4.20. The molecule has 54 heavy (non-hydrogen) atoms. The van der Waals surface area contributed by atoms with Gasteiger partial charge < -0.3 is 38.2 Å². The van der Waals surface area contributed by atoms with Crippen LogP contribution in [-0.4, -0.2) is 86.4 Å². The van der Waals surface area contributed by atoms with Gasteiger partial charge >= 0.3 is 6.09 Å². The summed E-state index contributed by atoms with van der Waals surface area (Å²) in [5.41, 5.74) is 1.44. The van der Waals surface area contributed by atoms with Crippen LogP contribution >= 0.6 is 0 Å². The van der Waals surface area contributed by atoms with Gasteiger partial charge in [0.15, 0.2) is 12.1 Å². The summed E-state index contributed by atoms with van der Waals surface area (Å²) in [5.74, 6) is 1.51. The van der Waals surface area contributed by atoms with Crippen LogP contribution in [0.1, 0.15) is 62.3 Å². The maximum absolute atomic E-state index is 14.8. The average molecular weight is 764 g/mol. The number of amides is 1. The molecule has 8 rings (SSSR count). The largest absolute Gasteiger partial charge is 0.451 e. The summed E-state index contributed by atoms with van der Waals surface area (Å²) in [7, 11) is -4.20. The first-order chi connectivity index (χ1) is 26.1. The molecule has 0 radical (unpaired) electrons. The summed E-state index contributed by atoms with van der Waals surface area (Å²) in [6.07, 6.45) is 4.29. The molecule has 1 saturated carbocycles. The summed E-state index contributed by atoms with van der Waals surface area (Å²) in [6.45, 7) is 5.28. The van der Waals surface area contributed by atoms with Crippen molar-refractivity contribution in [2.24, 2.45) is 17.3 Å². The van der Waals surface area contributed by atoms with Crippen molar-refractivity contribution in [1.82, 2.24) is 14.6 Å². The zero-order valence-corrected chi connectivity index (χ0v) is 31.6. The third-order valence-electron chi connectivity index (χ3n) is 11.6. The molecular formula is C40H49N3O10S. The minimum absolute atomic E-state index is 0.0568. The highest BCUT2D eigenvalue weighted by atomic mass is 32.2. The van der Waals surface area contributed by atoms with E-state index in [4.69, 9.17) is 27.8 Å². The van der Waals surface area contributed by atoms with Gasteiger partial charge in [-0.05, 0) is 56.4 Å². The molecular weight excluding hydrogens is 715 g/mol. The van der Waals surface area contributed by atoms with E-state index in [0.717, 1.165) is 37.7 Å². The Morgan fingerprint density at radius 3 is 2.72 bits per heavy atom. The molecule has 1 aliphatic carbocycles. The van der Waals surface area contributed by atoms with Crippen LogP contribution in [0.2, 0.25) is 0 Å². The molecule has 3 fully saturated rings. The van der Waals surface area contributed by atoms with Gasteiger partial charge in [-0.1, -0.05) is 56.5 Å². The van der Waals surface area contributed by atoms with E-state index in [2.05, 4.69) is 17.2 Å². The number of benzene rings is 2. The average Bonchev–Trinajstić information content (AvgIpc) is 3.91. The number of hydrogen-bond donors (Lipinski definition) is 2. The fourth-order valence-corrected chi connectivity index (χ4v) is 10.4. The number of alkyl carbamates (subject to hydrolysis) is 1. The van der Waals surface area contributed by atoms with E-state index in [1.165, 1.54) is 4.31 Å². The molecule has 3 aliphatic heterocycles. The maximum atomic E-state index is 14.8. The molecule has 2 saturated heterocycles. The Kier molecular flexibility index (Phi) is 10.6. The molecule has 290 valence electrons. The van der Waals surface area contributed by atoms with E-state index >= 15 is 0 Å². The molecule has 1 amide bonds. The second kappa shape index (κ2) is 15.4. The number of β-amino-alcohol motifs (C(OH)–C–C–N with tert-alkyl or cyclic N) is 1. The molecule has 7 atom stereocenters. The monoisotopic (exact) mass is 763 g/mol. The third kappa shape index (κ3) is 7.44. The number of rotatable bonds is 8. The van der Waals surface area contributed by atoms with Crippen LogP contribution < -0.4 is 5.32 Å². The fourth-order valence-electron chi connectivity index (χ4n) is 8.70. The van der Waals surface area contributed by atoms with Gasteiger partial charge in [0.05, 0.1) is 43.1 Å². The zero-order chi connectivity index (χ0) is 37.5. The number of oxazole rings is 1. The number of hydrogen-bond acceptors (Lipinski definition) is 11. The number of nitrogens with zero attached hydrogens (tertiary/aromatic N) is 2. The first-order valence-electron chi connectivity index (χ1n) is 19.1. The molecule has 4 aromatic rings. The van der Waals surface area contributed by atoms with Crippen molar-refractivity contribution >= 4 is 27.1 Å². The highest BCUT2D eigenvalue weighted by Crippen LogP contribution is 2.57. The van der Waals surface area contributed by atoms with Crippen molar-refractivity contribution in [3.8, 4) is 11.7 Å². The number of aliphatic hydroxyl groups excluding tert-OH is 1. The molecule has 14 heteroatoms. The van der Waals surface area contributed by atoms with Crippen molar-refractivity contribution in [2.75, 3.05) is 32.9 Å². The van der Waals surface area contributed by atoms with Crippen LogP contribution in [0.4, 0.5) is 4.79 Å². The van der Waals surface area contributed by atoms with Crippen LogP contribution in [0.25, 0.3) is 22.6 Å². The number of fused-ring (bicyclic) bond motifs is 3. The maximum Gasteiger partial charge on any atom is 0.407 e. The number of sulfonamides is 1. The fraction of sp³-hybridized carbons (Fsp3) is 0.550. The lowest BCUT2D eigenvalue weighted by Gasteiger charge is -2.33. The van der Waals surface area contributed by atoms with Crippen molar-refractivity contribution in [3.05, 3.63) is 71.6 Å². The predicted molar refractivity (Wildman–Crippen MR) is 197 cm³/mol. The highest BCUT2D eigenvalue weighted by molar-refractivity contribution is 7.89. The number of nitrogens with one attached hydrogen (secondary N) is 1. The number of carbonyl (C=O) groups is 1.